The second kappa shape index (κ2) is 6.37. The van der Waals surface area contributed by atoms with E-state index in [1.165, 1.54) is 30.7 Å². The Labute approximate surface area is 144 Å². The van der Waals surface area contributed by atoms with Gasteiger partial charge in [0, 0.05) is 38.4 Å². The van der Waals surface area contributed by atoms with E-state index < -0.39 is 11.9 Å². The molecule has 2 aromatic rings. The number of nitrogens with zero attached hydrogens (tertiary/aromatic N) is 4. The van der Waals surface area contributed by atoms with Crippen LogP contribution in [-0.2, 0) is 32.1 Å². The maximum Gasteiger partial charge on any atom is 0.433 e. The molecule has 1 aliphatic carbocycles. The molecule has 0 saturated heterocycles. The summed E-state index contributed by atoms with van der Waals surface area (Å²) in [6.07, 6.45) is 3.23. The van der Waals surface area contributed by atoms with Gasteiger partial charge >= 0.3 is 6.18 Å². The van der Waals surface area contributed by atoms with Gasteiger partial charge in [-0.2, -0.15) is 13.2 Å². The first-order valence-electron chi connectivity index (χ1n) is 8.55. The minimum absolute atomic E-state index is 0.576. The molecule has 4 nitrogen and oxygen atoms in total. The molecule has 1 saturated carbocycles. The minimum atomic E-state index is -4.39. The number of pyridine rings is 1. The SMILES string of the molecule is FC(F)(F)c1ccc(CN2CCc3cnc(CC4CC4)nc3C2)cn1. The van der Waals surface area contributed by atoms with Crippen LogP contribution in [0.4, 0.5) is 13.2 Å². The minimum Gasteiger partial charge on any atom is -0.293 e. The van der Waals surface area contributed by atoms with Gasteiger partial charge in [0.1, 0.15) is 11.5 Å². The van der Waals surface area contributed by atoms with Crippen molar-refractivity contribution in [2.45, 2.75) is 44.9 Å². The molecule has 7 heteroatoms. The lowest BCUT2D eigenvalue weighted by Crippen LogP contribution is -2.31. The van der Waals surface area contributed by atoms with E-state index in [2.05, 4.69) is 14.9 Å². The third-order valence-electron chi connectivity index (χ3n) is 4.76. The summed E-state index contributed by atoms with van der Waals surface area (Å²) in [5.74, 6) is 1.66. The molecule has 3 heterocycles. The van der Waals surface area contributed by atoms with Crippen LogP contribution in [0.5, 0.6) is 0 Å². The molecule has 1 fully saturated rings. The first-order chi connectivity index (χ1) is 12.0. The van der Waals surface area contributed by atoms with Crippen molar-refractivity contribution in [2.24, 2.45) is 5.92 Å². The Morgan fingerprint density at radius 1 is 1.12 bits per heavy atom. The van der Waals surface area contributed by atoms with Gasteiger partial charge in [-0.05, 0) is 42.4 Å². The normalized spacial score (nSPS) is 18.2. The molecular weight excluding hydrogens is 329 g/mol. The smallest absolute Gasteiger partial charge is 0.293 e. The van der Waals surface area contributed by atoms with Gasteiger partial charge in [0.15, 0.2) is 0 Å². The lowest BCUT2D eigenvalue weighted by molar-refractivity contribution is -0.141. The fourth-order valence-electron chi connectivity index (χ4n) is 3.16. The van der Waals surface area contributed by atoms with E-state index in [0.29, 0.717) is 13.1 Å². The Kier molecular flexibility index (Phi) is 4.19. The van der Waals surface area contributed by atoms with E-state index in [1.807, 2.05) is 6.20 Å². The average Bonchev–Trinajstić information content (AvgIpc) is 3.38. The summed E-state index contributed by atoms with van der Waals surface area (Å²) in [6.45, 7) is 2.13. The number of hydrogen-bond donors (Lipinski definition) is 0. The zero-order chi connectivity index (χ0) is 17.4. The van der Waals surface area contributed by atoms with E-state index in [0.717, 1.165) is 48.5 Å². The highest BCUT2D eigenvalue weighted by atomic mass is 19.4. The lowest BCUT2D eigenvalue weighted by Gasteiger charge is -2.28. The van der Waals surface area contributed by atoms with Crippen LogP contribution in [0.1, 0.15) is 41.2 Å². The van der Waals surface area contributed by atoms with E-state index in [-0.39, 0.29) is 0 Å². The van der Waals surface area contributed by atoms with Crippen LogP contribution in [0.15, 0.2) is 24.5 Å². The Balaban J connectivity index is 1.43. The van der Waals surface area contributed by atoms with E-state index in [1.54, 1.807) is 0 Å². The molecule has 1 aliphatic heterocycles. The highest BCUT2D eigenvalue weighted by molar-refractivity contribution is 5.22. The van der Waals surface area contributed by atoms with Gasteiger partial charge in [-0.3, -0.25) is 9.88 Å². The molecule has 0 N–H and O–H groups in total. The summed E-state index contributed by atoms with van der Waals surface area (Å²) in [5, 5.41) is 0. The van der Waals surface area contributed by atoms with E-state index in [9.17, 15) is 13.2 Å². The van der Waals surface area contributed by atoms with Crippen LogP contribution in [0.3, 0.4) is 0 Å². The second-order valence-electron chi connectivity index (χ2n) is 6.92. The summed E-state index contributed by atoms with van der Waals surface area (Å²) in [6, 6.07) is 2.55. The summed E-state index contributed by atoms with van der Waals surface area (Å²) >= 11 is 0. The summed E-state index contributed by atoms with van der Waals surface area (Å²) in [7, 11) is 0. The standard InChI is InChI=1S/C18H19F3N4/c19-18(20,21)16-4-3-13(8-22-16)10-25-6-5-14-9-23-17(7-12-1-2-12)24-15(14)11-25/h3-4,8-9,12H,1-2,5-7,10-11H2. The predicted octanol–water partition coefficient (Wildman–Crippen LogP) is 3.40. The first-order valence-corrected chi connectivity index (χ1v) is 8.55. The molecule has 0 radical (unpaired) electrons. The molecule has 25 heavy (non-hydrogen) atoms. The van der Waals surface area contributed by atoms with Crippen LogP contribution < -0.4 is 0 Å². The highest BCUT2D eigenvalue weighted by Crippen LogP contribution is 2.32. The van der Waals surface area contributed by atoms with Gasteiger partial charge in [0.25, 0.3) is 0 Å². The molecule has 4 rings (SSSR count). The second-order valence-corrected chi connectivity index (χ2v) is 6.92. The van der Waals surface area contributed by atoms with Crippen molar-refractivity contribution in [1.29, 1.82) is 0 Å². The van der Waals surface area contributed by atoms with Crippen LogP contribution in [0, 0.1) is 5.92 Å². The van der Waals surface area contributed by atoms with Crippen molar-refractivity contribution in [1.82, 2.24) is 19.9 Å². The number of rotatable bonds is 4. The van der Waals surface area contributed by atoms with Gasteiger partial charge in [-0.1, -0.05) is 6.07 Å². The van der Waals surface area contributed by atoms with E-state index >= 15 is 0 Å². The third kappa shape index (κ3) is 3.98. The Morgan fingerprint density at radius 2 is 1.96 bits per heavy atom. The molecule has 0 aromatic carbocycles. The van der Waals surface area contributed by atoms with Gasteiger partial charge in [-0.25, -0.2) is 9.97 Å². The molecule has 0 amide bonds. The summed E-state index contributed by atoms with van der Waals surface area (Å²) in [5.41, 5.74) is 2.17. The van der Waals surface area contributed by atoms with Gasteiger partial charge in [0.05, 0.1) is 5.69 Å². The number of alkyl halides is 3. The number of aromatic nitrogens is 3. The Bertz CT molecular complexity index is 754. The van der Waals surface area contributed by atoms with Crippen LogP contribution in [0.25, 0.3) is 0 Å². The van der Waals surface area contributed by atoms with Crippen molar-refractivity contribution in [3.63, 3.8) is 0 Å². The molecular formula is C18H19F3N4. The maximum atomic E-state index is 12.6. The zero-order valence-corrected chi connectivity index (χ0v) is 13.8. The summed E-state index contributed by atoms with van der Waals surface area (Å²) < 4.78 is 37.8. The van der Waals surface area contributed by atoms with Crippen molar-refractivity contribution < 1.29 is 13.2 Å². The molecule has 0 bridgehead atoms. The third-order valence-corrected chi connectivity index (χ3v) is 4.76. The van der Waals surface area contributed by atoms with Gasteiger partial charge < -0.3 is 0 Å². The fraction of sp³-hybridized carbons (Fsp3) is 0.500. The number of halogens is 3. The topological polar surface area (TPSA) is 41.9 Å². The molecule has 2 aromatic heterocycles. The Morgan fingerprint density at radius 3 is 2.64 bits per heavy atom. The van der Waals surface area contributed by atoms with Crippen LogP contribution in [0.2, 0.25) is 0 Å². The highest BCUT2D eigenvalue weighted by Gasteiger charge is 2.32. The monoisotopic (exact) mass is 348 g/mol. The van der Waals surface area contributed by atoms with E-state index in [4.69, 9.17) is 4.98 Å². The quantitative estimate of drug-likeness (QED) is 0.849. The van der Waals surface area contributed by atoms with Crippen LogP contribution in [-0.4, -0.2) is 26.4 Å². The van der Waals surface area contributed by atoms with Gasteiger partial charge in [0.2, 0.25) is 0 Å². The van der Waals surface area contributed by atoms with Crippen molar-refractivity contribution >= 4 is 0 Å². The lowest BCUT2D eigenvalue weighted by atomic mass is 10.1. The van der Waals surface area contributed by atoms with Crippen molar-refractivity contribution in [3.05, 3.63) is 52.9 Å². The largest absolute Gasteiger partial charge is 0.433 e. The van der Waals surface area contributed by atoms with Crippen molar-refractivity contribution in [2.75, 3.05) is 6.54 Å². The van der Waals surface area contributed by atoms with Crippen molar-refractivity contribution in [3.8, 4) is 0 Å². The number of fused-ring (bicyclic) bond motifs is 1. The molecule has 0 atom stereocenters. The maximum absolute atomic E-state index is 12.6. The number of hydrogen-bond acceptors (Lipinski definition) is 4. The first kappa shape index (κ1) is 16.4. The predicted molar refractivity (Wildman–Crippen MR) is 85.5 cm³/mol. The zero-order valence-electron chi connectivity index (χ0n) is 13.8. The molecule has 0 unspecified atom stereocenters. The molecule has 2 aliphatic rings. The molecule has 0 spiro atoms. The van der Waals surface area contributed by atoms with Gasteiger partial charge in [-0.15, -0.1) is 0 Å². The average molecular weight is 348 g/mol. The fourth-order valence-corrected chi connectivity index (χ4v) is 3.16. The molecule has 132 valence electrons. The Hall–Kier alpha value is -2.02. The summed E-state index contributed by atoms with van der Waals surface area (Å²) in [4.78, 5) is 14.9. The van der Waals surface area contributed by atoms with Crippen LogP contribution >= 0.6 is 0 Å².